The first-order valence-corrected chi connectivity index (χ1v) is 7.13. The van der Waals surface area contributed by atoms with Gasteiger partial charge < -0.3 is 9.84 Å². The monoisotopic (exact) mass is 281 g/mol. The average molecular weight is 281 g/mol. The normalized spacial score (nSPS) is 14.7. The van der Waals surface area contributed by atoms with Crippen molar-refractivity contribution >= 4 is 11.0 Å². The van der Waals surface area contributed by atoms with Crippen LogP contribution in [0.1, 0.15) is 18.7 Å². The van der Waals surface area contributed by atoms with Crippen molar-refractivity contribution < 1.29 is 4.52 Å². The number of fused-ring (bicyclic) bond motifs is 1. The lowest BCUT2D eigenvalue weighted by Crippen LogP contribution is -2.16. The van der Waals surface area contributed by atoms with E-state index in [1.54, 1.807) is 12.4 Å². The molecule has 6 heteroatoms. The molecule has 0 unspecified atom stereocenters. The number of hydrogen-bond donors (Lipinski definition) is 1. The lowest BCUT2D eigenvalue weighted by molar-refractivity contribution is 0.367. The Morgan fingerprint density at radius 1 is 1.14 bits per heavy atom. The highest BCUT2D eigenvalue weighted by Gasteiger charge is 2.20. The first kappa shape index (κ1) is 12.4. The van der Waals surface area contributed by atoms with Crippen LogP contribution in [-0.4, -0.2) is 26.7 Å². The van der Waals surface area contributed by atoms with E-state index in [9.17, 15) is 0 Å². The molecule has 4 rings (SSSR count). The van der Waals surface area contributed by atoms with Crippen LogP contribution in [-0.2, 0) is 6.54 Å². The Kier molecular flexibility index (Phi) is 3.08. The second kappa shape index (κ2) is 5.21. The van der Waals surface area contributed by atoms with Gasteiger partial charge in [0, 0.05) is 18.0 Å². The van der Waals surface area contributed by atoms with Crippen molar-refractivity contribution in [2.75, 3.05) is 6.54 Å². The molecule has 2 aromatic heterocycles. The van der Waals surface area contributed by atoms with E-state index in [0.29, 0.717) is 18.3 Å². The minimum absolute atomic E-state index is 0.589. The molecule has 1 saturated carbocycles. The molecule has 0 amide bonds. The van der Waals surface area contributed by atoms with Gasteiger partial charge in [0.05, 0.1) is 17.6 Å². The lowest BCUT2D eigenvalue weighted by Gasteiger charge is -1.98. The largest absolute Gasteiger partial charge is 0.338 e. The first-order chi connectivity index (χ1) is 10.4. The quantitative estimate of drug-likeness (QED) is 0.772. The number of hydrogen-bond acceptors (Lipinski definition) is 6. The van der Waals surface area contributed by atoms with Crippen LogP contribution in [0.15, 0.2) is 35.1 Å². The van der Waals surface area contributed by atoms with E-state index >= 15 is 0 Å². The maximum Gasteiger partial charge on any atom is 0.240 e. The van der Waals surface area contributed by atoms with E-state index in [1.165, 1.54) is 12.8 Å². The predicted octanol–water partition coefficient (Wildman–Crippen LogP) is 2.18. The molecule has 106 valence electrons. The molecular weight excluding hydrogens is 266 g/mol. The van der Waals surface area contributed by atoms with Gasteiger partial charge in [-0.05, 0) is 43.5 Å². The molecule has 0 spiro atoms. The van der Waals surface area contributed by atoms with Crippen LogP contribution in [0.4, 0.5) is 0 Å². The van der Waals surface area contributed by atoms with Gasteiger partial charge in [-0.1, -0.05) is 5.16 Å². The molecule has 1 aromatic carbocycles. The van der Waals surface area contributed by atoms with Gasteiger partial charge in [-0.2, -0.15) is 4.98 Å². The molecule has 0 aliphatic heterocycles. The summed E-state index contributed by atoms with van der Waals surface area (Å²) in [5.74, 6) is 2.04. The van der Waals surface area contributed by atoms with E-state index < -0.39 is 0 Å². The van der Waals surface area contributed by atoms with Gasteiger partial charge in [0.25, 0.3) is 0 Å². The summed E-state index contributed by atoms with van der Waals surface area (Å²) < 4.78 is 5.27. The molecule has 6 nitrogen and oxygen atoms in total. The topological polar surface area (TPSA) is 76.7 Å². The fraction of sp³-hybridized carbons (Fsp3) is 0.333. The fourth-order valence-corrected chi connectivity index (χ4v) is 2.25. The number of benzene rings is 1. The highest BCUT2D eigenvalue weighted by Crippen LogP contribution is 2.27. The highest BCUT2D eigenvalue weighted by molar-refractivity contribution is 5.79. The predicted molar refractivity (Wildman–Crippen MR) is 77.3 cm³/mol. The highest BCUT2D eigenvalue weighted by atomic mass is 16.5. The second-order valence-corrected chi connectivity index (χ2v) is 5.35. The van der Waals surface area contributed by atoms with Crippen LogP contribution in [0, 0.1) is 5.92 Å². The summed E-state index contributed by atoms with van der Waals surface area (Å²) in [7, 11) is 0. The molecule has 1 N–H and O–H groups in total. The van der Waals surface area contributed by atoms with E-state index in [0.717, 1.165) is 29.1 Å². The third-order valence-electron chi connectivity index (χ3n) is 3.60. The minimum Gasteiger partial charge on any atom is -0.338 e. The molecule has 21 heavy (non-hydrogen) atoms. The van der Waals surface area contributed by atoms with Crippen molar-refractivity contribution in [3.05, 3.63) is 36.5 Å². The average Bonchev–Trinajstić information content (AvgIpc) is 3.23. The Morgan fingerprint density at radius 3 is 2.86 bits per heavy atom. The van der Waals surface area contributed by atoms with Crippen LogP contribution in [0.2, 0.25) is 0 Å². The molecular formula is C15H15N5O. The Morgan fingerprint density at radius 2 is 2.00 bits per heavy atom. The standard InChI is InChI=1S/C15H15N5O/c1-2-10(1)8-16-9-14-19-15(20-21-14)11-3-4-12-13(7-11)18-6-5-17-12/h3-7,10,16H,1-2,8-9H2. The van der Waals surface area contributed by atoms with Crippen LogP contribution in [0.5, 0.6) is 0 Å². The number of nitrogens with zero attached hydrogens (tertiary/aromatic N) is 4. The van der Waals surface area contributed by atoms with E-state index in [-0.39, 0.29) is 0 Å². The van der Waals surface area contributed by atoms with Crippen LogP contribution in [0.25, 0.3) is 22.4 Å². The molecule has 0 saturated heterocycles. The van der Waals surface area contributed by atoms with E-state index in [1.807, 2.05) is 18.2 Å². The first-order valence-electron chi connectivity index (χ1n) is 7.13. The number of aromatic nitrogens is 4. The summed E-state index contributed by atoms with van der Waals surface area (Å²) in [5.41, 5.74) is 2.57. The summed E-state index contributed by atoms with van der Waals surface area (Å²) >= 11 is 0. The van der Waals surface area contributed by atoms with Gasteiger partial charge in [0.2, 0.25) is 11.7 Å². The summed E-state index contributed by atoms with van der Waals surface area (Å²) in [6.07, 6.45) is 6.02. The maximum atomic E-state index is 5.27. The number of rotatable bonds is 5. The number of nitrogens with one attached hydrogen (secondary N) is 1. The van der Waals surface area contributed by atoms with Gasteiger partial charge in [-0.25, -0.2) is 0 Å². The molecule has 0 radical (unpaired) electrons. The van der Waals surface area contributed by atoms with Crippen LogP contribution in [0.3, 0.4) is 0 Å². The van der Waals surface area contributed by atoms with E-state index in [4.69, 9.17) is 4.52 Å². The summed E-state index contributed by atoms with van der Waals surface area (Å²) in [4.78, 5) is 13.0. The van der Waals surface area contributed by atoms with Crippen LogP contribution >= 0.6 is 0 Å². The smallest absolute Gasteiger partial charge is 0.240 e. The van der Waals surface area contributed by atoms with Gasteiger partial charge in [-0.3, -0.25) is 9.97 Å². The Balaban J connectivity index is 1.52. The van der Waals surface area contributed by atoms with Crippen molar-refractivity contribution in [2.45, 2.75) is 19.4 Å². The minimum atomic E-state index is 0.589. The lowest BCUT2D eigenvalue weighted by atomic mass is 10.2. The Hall–Kier alpha value is -2.34. The Labute approximate surface area is 121 Å². The third-order valence-corrected chi connectivity index (χ3v) is 3.60. The summed E-state index contributed by atoms with van der Waals surface area (Å²) in [6.45, 7) is 1.65. The maximum absolute atomic E-state index is 5.27. The molecule has 0 bridgehead atoms. The second-order valence-electron chi connectivity index (χ2n) is 5.35. The summed E-state index contributed by atoms with van der Waals surface area (Å²) in [6, 6.07) is 5.77. The molecule has 1 aliphatic carbocycles. The van der Waals surface area contributed by atoms with Crippen LogP contribution < -0.4 is 5.32 Å². The summed E-state index contributed by atoms with van der Waals surface area (Å²) in [5, 5.41) is 7.37. The fourth-order valence-electron chi connectivity index (χ4n) is 2.25. The van der Waals surface area contributed by atoms with Crippen molar-refractivity contribution in [3.8, 4) is 11.4 Å². The van der Waals surface area contributed by atoms with Gasteiger partial charge in [0.1, 0.15) is 0 Å². The zero-order valence-electron chi connectivity index (χ0n) is 11.5. The van der Waals surface area contributed by atoms with Crippen molar-refractivity contribution in [3.63, 3.8) is 0 Å². The SMILES string of the molecule is c1cnc2cc(-c3noc(CNCC4CC4)n3)ccc2n1. The van der Waals surface area contributed by atoms with E-state index in [2.05, 4.69) is 25.4 Å². The Bertz CT molecular complexity index is 765. The van der Waals surface area contributed by atoms with Gasteiger partial charge in [-0.15, -0.1) is 0 Å². The van der Waals surface area contributed by atoms with Crippen molar-refractivity contribution in [1.82, 2.24) is 25.4 Å². The zero-order valence-corrected chi connectivity index (χ0v) is 11.5. The molecule has 1 fully saturated rings. The molecule has 2 heterocycles. The molecule has 1 aliphatic rings. The zero-order chi connectivity index (χ0) is 14.1. The van der Waals surface area contributed by atoms with Gasteiger partial charge >= 0.3 is 0 Å². The molecule has 0 atom stereocenters. The van der Waals surface area contributed by atoms with Crippen molar-refractivity contribution in [1.29, 1.82) is 0 Å². The molecule has 3 aromatic rings. The third kappa shape index (κ3) is 2.75. The van der Waals surface area contributed by atoms with Gasteiger partial charge in [0.15, 0.2) is 0 Å². The van der Waals surface area contributed by atoms with Crippen molar-refractivity contribution in [2.24, 2.45) is 5.92 Å².